The summed E-state index contributed by atoms with van der Waals surface area (Å²) in [6.45, 7) is 5.20. The number of nitrogens with one attached hydrogen (secondary N) is 1. The van der Waals surface area contributed by atoms with Crippen LogP contribution in [0.2, 0.25) is 0 Å². The molecule has 1 aliphatic rings. The van der Waals surface area contributed by atoms with E-state index in [1.165, 1.54) is 11.6 Å². The Morgan fingerprint density at radius 3 is 2.13 bits per heavy atom. The average molecular weight is 623 g/mol. The zero-order valence-corrected chi connectivity index (χ0v) is 26.5. The number of nitrogens with zero attached hydrogens (tertiary/aromatic N) is 3. The highest BCUT2D eigenvalue weighted by molar-refractivity contribution is 6.14. The second-order valence-electron chi connectivity index (χ2n) is 12.0. The van der Waals surface area contributed by atoms with Crippen LogP contribution in [0.4, 0.5) is 15.8 Å². The van der Waals surface area contributed by atoms with Gasteiger partial charge in [-0.3, -0.25) is 4.90 Å². The van der Waals surface area contributed by atoms with Crippen LogP contribution >= 0.6 is 0 Å². The molecule has 6 aromatic rings. The largest absolute Gasteiger partial charge is 0.484 e. The molecule has 0 atom stereocenters. The van der Waals surface area contributed by atoms with Crippen LogP contribution in [0.25, 0.3) is 10.9 Å². The number of hydrogen-bond acceptors (Lipinski definition) is 4. The van der Waals surface area contributed by atoms with Gasteiger partial charge in [0, 0.05) is 54.4 Å². The summed E-state index contributed by atoms with van der Waals surface area (Å²) < 4.78 is 20.5. The van der Waals surface area contributed by atoms with Gasteiger partial charge in [-0.2, -0.15) is 0 Å². The van der Waals surface area contributed by atoms with Crippen LogP contribution in [0.1, 0.15) is 28.7 Å². The number of para-hydroxylation sites is 1. The predicted octanol–water partition coefficient (Wildman–Crippen LogP) is 8.81. The predicted molar refractivity (Wildman–Crippen MR) is 191 cm³/mol. The van der Waals surface area contributed by atoms with E-state index < -0.39 is 0 Å². The number of aromatic amines is 1. The Hall–Kier alpha value is -5.20. The Labute approximate surface area is 276 Å². The normalized spacial score (nSPS) is 13.5. The Morgan fingerprint density at radius 2 is 1.43 bits per heavy atom. The molecule has 7 rings (SSSR count). The molecule has 236 valence electrons. The van der Waals surface area contributed by atoms with E-state index in [9.17, 15) is 4.39 Å². The third-order valence-electron chi connectivity index (χ3n) is 8.89. The number of aryl methyl sites for hydroxylation is 1. The molecule has 6 heteroatoms. The fraction of sp³-hybridized carbons (Fsp3) is 0.195. The molecule has 0 amide bonds. The van der Waals surface area contributed by atoms with Crippen molar-refractivity contribution in [3.63, 3.8) is 0 Å². The molecule has 1 fully saturated rings. The lowest BCUT2D eigenvalue weighted by molar-refractivity contribution is 0.253. The minimum atomic E-state index is -0.187. The first-order valence-corrected chi connectivity index (χ1v) is 16.4. The van der Waals surface area contributed by atoms with Gasteiger partial charge in [0.2, 0.25) is 0 Å². The van der Waals surface area contributed by atoms with Crippen molar-refractivity contribution in [2.75, 3.05) is 37.6 Å². The molecule has 0 aliphatic carbocycles. The van der Waals surface area contributed by atoms with Gasteiger partial charge in [-0.05, 0) is 60.8 Å². The smallest absolute Gasteiger partial charge is 0.168 e. The summed E-state index contributed by atoms with van der Waals surface area (Å²) in [5.74, 6) is 0.619. The minimum Gasteiger partial charge on any atom is -0.484 e. The van der Waals surface area contributed by atoms with Crippen molar-refractivity contribution in [2.45, 2.75) is 19.4 Å². The Kier molecular flexibility index (Phi) is 9.38. The summed E-state index contributed by atoms with van der Waals surface area (Å²) in [6, 6.07) is 42.3. The van der Waals surface area contributed by atoms with Crippen molar-refractivity contribution >= 4 is 28.0 Å². The van der Waals surface area contributed by atoms with Crippen molar-refractivity contribution in [2.24, 2.45) is 4.99 Å². The van der Waals surface area contributed by atoms with E-state index in [0.29, 0.717) is 6.61 Å². The van der Waals surface area contributed by atoms with Crippen molar-refractivity contribution in [3.05, 3.63) is 162 Å². The van der Waals surface area contributed by atoms with Crippen molar-refractivity contribution in [3.8, 4) is 5.75 Å². The number of ether oxygens (including phenoxy) is 1. The molecule has 0 saturated carbocycles. The number of H-pyrrole nitrogens is 1. The molecule has 1 aliphatic heterocycles. The average Bonchev–Trinajstić information content (AvgIpc) is 3.53. The number of halogens is 1. The van der Waals surface area contributed by atoms with E-state index in [1.807, 2.05) is 42.6 Å². The van der Waals surface area contributed by atoms with Gasteiger partial charge in [0.25, 0.3) is 0 Å². The highest BCUT2D eigenvalue weighted by Crippen LogP contribution is 2.40. The molecule has 0 spiro atoms. The van der Waals surface area contributed by atoms with E-state index in [0.717, 1.165) is 96.0 Å². The maximum absolute atomic E-state index is 13.8. The van der Waals surface area contributed by atoms with Gasteiger partial charge in [0.15, 0.2) is 5.75 Å². The van der Waals surface area contributed by atoms with Crippen molar-refractivity contribution in [1.29, 1.82) is 0 Å². The van der Waals surface area contributed by atoms with Crippen LogP contribution in [-0.2, 0) is 13.0 Å². The monoisotopic (exact) mass is 622 g/mol. The van der Waals surface area contributed by atoms with Gasteiger partial charge in [-0.1, -0.05) is 97.1 Å². The molecule has 1 N–H and O–H groups in total. The first kappa shape index (κ1) is 30.5. The number of aromatic nitrogens is 1. The van der Waals surface area contributed by atoms with Gasteiger partial charge in [-0.25, -0.2) is 9.38 Å². The lowest BCUT2D eigenvalue weighted by Crippen LogP contribution is -2.46. The van der Waals surface area contributed by atoms with E-state index in [1.54, 1.807) is 6.07 Å². The molecule has 5 aromatic carbocycles. The molecule has 0 bridgehead atoms. The summed E-state index contributed by atoms with van der Waals surface area (Å²) in [5, 5.41) is 0.989. The molecule has 47 heavy (non-hydrogen) atoms. The maximum atomic E-state index is 13.8. The zero-order chi connectivity index (χ0) is 31.8. The van der Waals surface area contributed by atoms with Crippen LogP contribution in [-0.4, -0.2) is 48.3 Å². The fourth-order valence-electron chi connectivity index (χ4n) is 6.40. The molecular formula is C41H39FN4O. The number of fused-ring (bicyclic) bond motifs is 1. The lowest BCUT2D eigenvalue weighted by Gasteiger charge is -2.37. The van der Waals surface area contributed by atoms with Crippen LogP contribution in [0.15, 0.2) is 139 Å². The van der Waals surface area contributed by atoms with E-state index in [4.69, 9.17) is 9.73 Å². The number of benzene rings is 5. The molecule has 0 unspecified atom stereocenters. The first-order valence-electron chi connectivity index (χ1n) is 16.4. The van der Waals surface area contributed by atoms with Gasteiger partial charge in [-0.15, -0.1) is 0 Å². The molecular weight excluding hydrogens is 583 g/mol. The second-order valence-corrected chi connectivity index (χ2v) is 12.0. The molecule has 0 radical (unpaired) electrons. The van der Waals surface area contributed by atoms with Gasteiger partial charge >= 0.3 is 0 Å². The summed E-state index contributed by atoms with van der Waals surface area (Å²) >= 11 is 0. The van der Waals surface area contributed by atoms with E-state index in [-0.39, 0.29) is 5.82 Å². The molecule has 1 aromatic heterocycles. The Balaban J connectivity index is 1.11. The van der Waals surface area contributed by atoms with Gasteiger partial charge < -0.3 is 14.6 Å². The van der Waals surface area contributed by atoms with Crippen LogP contribution < -0.4 is 9.64 Å². The third-order valence-corrected chi connectivity index (χ3v) is 8.89. The van der Waals surface area contributed by atoms with Crippen molar-refractivity contribution < 1.29 is 9.13 Å². The number of piperazine rings is 1. The number of anilines is 1. The highest BCUT2D eigenvalue weighted by Gasteiger charge is 2.22. The SMILES string of the molecule is Fc1ccc2[nH]cc(CCCN3CCN(c4cccc(N=C(c5ccccc5)c5ccccc5)c4OCc4ccccc4)CC3)c2c1. The summed E-state index contributed by atoms with van der Waals surface area (Å²) in [7, 11) is 0. The maximum Gasteiger partial charge on any atom is 0.168 e. The Bertz CT molecular complexity index is 1890. The molecule has 2 heterocycles. The lowest BCUT2D eigenvalue weighted by atomic mass is 10.0. The fourth-order valence-corrected chi connectivity index (χ4v) is 6.40. The number of hydrogen-bond donors (Lipinski definition) is 1. The summed E-state index contributed by atoms with van der Waals surface area (Å²) in [5.41, 5.74) is 8.21. The van der Waals surface area contributed by atoms with Crippen molar-refractivity contribution in [1.82, 2.24) is 9.88 Å². The second kappa shape index (κ2) is 14.5. The zero-order valence-electron chi connectivity index (χ0n) is 26.5. The van der Waals surface area contributed by atoms with Crippen LogP contribution in [0.3, 0.4) is 0 Å². The summed E-state index contributed by atoms with van der Waals surface area (Å²) in [4.78, 5) is 13.5. The Morgan fingerprint density at radius 1 is 0.745 bits per heavy atom. The van der Waals surface area contributed by atoms with Crippen LogP contribution in [0.5, 0.6) is 5.75 Å². The first-order chi connectivity index (χ1) is 23.2. The van der Waals surface area contributed by atoms with E-state index in [2.05, 4.69) is 93.6 Å². The number of aliphatic imine (C=N–C) groups is 1. The van der Waals surface area contributed by atoms with Gasteiger partial charge in [0.05, 0.1) is 11.4 Å². The van der Waals surface area contributed by atoms with E-state index >= 15 is 0 Å². The topological polar surface area (TPSA) is 43.9 Å². The molecule has 1 saturated heterocycles. The van der Waals surface area contributed by atoms with Gasteiger partial charge in [0.1, 0.15) is 18.1 Å². The third kappa shape index (κ3) is 7.29. The number of rotatable bonds is 11. The summed E-state index contributed by atoms with van der Waals surface area (Å²) in [6.07, 6.45) is 3.97. The molecule has 5 nitrogen and oxygen atoms in total. The standard InChI is InChI=1S/C41H39FN4O/c42-35-21-22-37-36(28-35)34(29-43-37)18-11-23-45-24-26-46(27-25-45)39-20-10-19-38(41(39)47-30-31-12-4-1-5-13-31)44-40(32-14-6-2-7-15-32)33-16-8-3-9-17-33/h1-10,12-17,19-22,28-29,43H,11,18,23-27,30H2. The van der Waals surface area contributed by atoms with Crippen LogP contribution in [0, 0.1) is 5.82 Å². The highest BCUT2D eigenvalue weighted by atomic mass is 19.1. The quantitative estimate of drug-likeness (QED) is 0.147. The minimum absolute atomic E-state index is 0.187.